The van der Waals surface area contributed by atoms with Crippen molar-refractivity contribution in [2.45, 2.75) is 6.10 Å². The molecule has 2 aromatic heterocycles. The summed E-state index contributed by atoms with van der Waals surface area (Å²) < 4.78 is 7.24. The highest BCUT2D eigenvalue weighted by Gasteiger charge is 2.18. The van der Waals surface area contributed by atoms with E-state index < -0.39 is 6.10 Å². The summed E-state index contributed by atoms with van der Waals surface area (Å²) in [6, 6.07) is 0. The Bertz CT molecular complexity index is 582. The molecule has 0 bridgehead atoms. The highest BCUT2D eigenvalue weighted by Crippen LogP contribution is 2.15. The highest BCUT2D eigenvalue weighted by molar-refractivity contribution is 5.63. The third kappa shape index (κ3) is 3.31. The van der Waals surface area contributed by atoms with Crippen LogP contribution in [0.1, 0.15) is 0 Å². The Morgan fingerprint density at radius 1 is 1.29 bits per heavy atom. The number of hydrogen-bond acceptors (Lipinski definition) is 6. The molecule has 21 heavy (non-hydrogen) atoms. The maximum atomic E-state index is 10.3. The van der Waals surface area contributed by atoms with Gasteiger partial charge in [-0.2, -0.15) is 0 Å². The van der Waals surface area contributed by atoms with Gasteiger partial charge in [-0.25, -0.2) is 9.97 Å². The molecule has 0 aromatic carbocycles. The van der Waals surface area contributed by atoms with Crippen molar-refractivity contribution >= 4 is 11.5 Å². The van der Waals surface area contributed by atoms with Gasteiger partial charge in [-0.3, -0.25) is 4.90 Å². The first-order valence-electron chi connectivity index (χ1n) is 7.21. The average molecular weight is 291 g/mol. The van der Waals surface area contributed by atoms with Gasteiger partial charge >= 0.3 is 0 Å². The number of fused-ring (bicyclic) bond motifs is 1. The number of likely N-dealkylation sites (N-methyl/N-ethyl adjacent to an activating group) is 1. The van der Waals surface area contributed by atoms with Crippen LogP contribution in [0.25, 0.3) is 5.65 Å². The summed E-state index contributed by atoms with van der Waals surface area (Å²) in [4.78, 5) is 12.9. The number of nitrogens with zero attached hydrogens (tertiary/aromatic N) is 5. The summed E-state index contributed by atoms with van der Waals surface area (Å²) in [5.41, 5.74) is 0.804. The van der Waals surface area contributed by atoms with E-state index in [1.54, 1.807) is 12.4 Å². The van der Waals surface area contributed by atoms with E-state index in [0.29, 0.717) is 13.1 Å². The minimum Gasteiger partial charge on any atom is -0.390 e. The van der Waals surface area contributed by atoms with Gasteiger partial charge in [0.05, 0.1) is 19.3 Å². The first kappa shape index (κ1) is 14.2. The molecule has 114 valence electrons. The first-order chi connectivity index (χ1) is 10.2. The molecule has 0 spiro atoms. The molecule has 3 rings (SSSR count). The molecule has 1 unspecified atom stereocenters. The monoisotopic (exact) mass is 291 g/mol. The predicted molar refractivity (Wildman–Crippen MR) is 79.5 cm³/mol. The molecule has 2 aromatic rings. The van der Waals surface area contributed by atoms with Gasteiger partial charge in [0.15, 0.2) is 11.5 Å². The SMILES string of the molecule is CN(CC(O)CN1CCOCC1)c1nccn2ccnc12. The van der Waals surface area contributed by atoms with Gasteiger partial charge in [0.25, 0.3) is 0 Å². The van der Waals surface area contributed by atoms with E-state index in [1.165, 1.54) is 0 Å². The van der Waals surface area contributed by atoms with Crippen molar-refractivity contribution in [2.24, 2.45) is 0 Å². The molecule has 1 aliphatic heterocycles. The Morgan fingerprint density at radius 3 is 2.76 bits per heavy atom. The zero-order valence-corrected chi connectivity index (χ0v) is 12.2. The molecular weight excluding hydrogens is 270 g/mol. The van der Waals surface area contributed by atoms with E-state index in [4.69, 9.17) is 4.74 Å². The number of aromatic nitrogens is 3. The summed E-state index contributed by atoms with van der Waals surface area (Å²) >= 11 is 0. The summed E-state index contributed by atoms with van der Waals surface area (Å²) in [6.45, 7) is 4.45. The van der Waals surface area contributed by atoms with Crippen LogP contribution in [0, 0.1) is 0 Å². The van der Waals surface area contributed by atoms with E-state index in [9.17, 15) is 5.11 Å². The molecular formula is C14H21N5O2. The molecule has 7 nitrogen and oxygen atoms in total. The molecule has 0 aliphatic carbocycles. The third-order valence-corrected chi connectivity index (χ3v) is 3.71. The van der Waals surface area contributed by atoms with Gasteiger partial charge in [-0.15, -0.1) is 0 Å². The Balaban J connectivity index is 1.62. The lowest BCUT2D eigenvalue weighted by Gasteiger charge is -2.30. The van der Waals surface area contributed by atoms with E-state index in [1.807, 2.05) is 28.7 Å². The van der Waals surface area contributed by atoms with Crippen LogP contribution in [-0.4, -0.2) is 76.9 Å². The Hall–Kier alpha value is -1.70. The average Bonchev–Trinajstić information content (AvgIpc) is 2.96. The van der Waals surface area contributed by atoms with Crippen LogP contribution in [0.15, 0.2) is 24.8 Å². The van der Waals surface area contributed by atoms with Gasteiger partial charge in [-0.1, -0.05) is 0 Å². The summed E-state index contributed by atoms with van der Waals surface area (Å²) in [6.07, 6.45) is 6.82. The molecule has 1 N–H and O–H groups in total. The van der Waals surface area contributed by atoms with E-state index in [2.05, 4.69) is 14.9 Å². The number of imidazole rings is 1. The normalized spacial score (nSPS) is 18.0. The first-order valence-corrected chi connectivity index (χ1v) is 7.21. The van der Waals surface area contributed by atoms with Crippen LogP contribution in [0.3, 0.4) is 0 Å². The van der Waals surface area contributed by atoms with Crippen molar-refractivity contribution in [1.29, 1.82) is 0 Å². The molecule has 0 saturated carbocycles. The van der Waals surface area contributed by atoms with Crippen molar-refractivity contribution in [3.63, 3.8) is 0 Å². The van der Waals surface area contributed by atoms with Gasteiger partial charge in [0.2, 0.25) is 0 Å². The third-order valence-electron chi connectivity index (χ3n) is 3.71. The van der Waals surface area contributed by atoms with Crippen molar-refractivity contribution < 1.29 is 9.84 Å². The molecule has 1 aliphatic rings. The Labute approximate surface area is 123 Å². The fourth-order valence-electron chi connectivity index (χ4n) is 2.65. The molecule has 1 fully saturated rings. The highest BCUT2D eigenvalue weighted by atomic mass is 16.5. The fraction of sp³-hybridized carbons (Fsp3) is 0.571. The minimum atomic E-state index is -0.426. The molecule has 3 heterocycles. The second-order valence-electron chi connectivity index (χ2n) is 5.36. The zero-order chi connectivity index (χ0) is 14.7. The van der Waals surface area contributed by atoms with E-state index in [0.717, 1.165) is 37.8 Å². The number of β-amino-alcohol motifs (C(OH)–C–C–N with tert-alkyl or cyclic N) is 1. The number of morpholine rings is 1. The van der Waals surface area contributed by atoms with Crippen LogP contribution >= 0.6 is 0 Å². The second kappa shape index (κ2) is 6.38. The van der Waals surface area contributed by atoms with E-state index >= 15 is 0 Å². The van der Waals surface area contributed by atoms with Crippen molar-refractivity contribution in [1.82, 2.24) is 19.3 Å². The fourth-order valence-corrected chi connectivity index (χ4v) is 2.65. The van der Waals surface area contributed by atoms with Crippen LogP contribution < -0.4 is 4.90 Å². The van der Waals surface area contributed by atoms with Gasteiger partial charge in [0, 0.05) is 58.0 Å². The molecule has 7 heteroatoms. The van der Waals surface area contributed by atoms with Crippen LogP contribution in [0.2, 0.25) is 0 Å². The zero-order valence-electron chi connectivity index (χ0n) is 12.2. The van der Waals surface area contributed by atoms with Crippen molar-refractivity contribution in [3.05, 3.63) is 24.8 Å². The predicted octanol–water partition coefficient (Wildman–Crippen LogP) is -0.141. The minimum absolute atomic E-state index is 0.426. The lowest BCUT2D eigenvalue weighted by molar-refractivity contribution is 0.0162. The van der Waals surface area contributed by atoms with E-state index in [-0.39, 0.29) is 0 Å². The lowest BCUT2D eigenvalue weighted by Crippen LogP contribution is -2.44. The number of aliphatic hydroxyl groups is 1. The molecule has 0 amide bonds. The number of aliphatic hydroxyl groups excluding tert-OH is 1. The van der Waals surface area contributed by atoms with Crippen LogP contribution in [0.4, 0.5) is 5.82 Å². The standard InChI is InChI=1S/C14H21N5O2/c1-17(10-12(20)11-18-6-8-21-9-7-18)13-14-16-3-5-19(14)4-2-15-13/h2-5,12,20H,6-11H2,1H3. The van der Waals surface area contributed by atoms with Gasteiger partial charge < -0.3 is 19.1 Å². The van der Waals surface area contributed by atoms with Crippen molar-refractivity contribution in [2.75, 3.05) is 51.3 Å². The smallest absolute Gasteiger partial charge is 0.180 e. The number of hydrogen-bond donors (Lipinski definition) is 1. The number of anilines is 1. The van der Waals surface area contributed by atoms with Crippen LogP contribution in [-0.2, 0) is 4.74 Å². The summed E-state index contributed by atoms with van der Waals surface area (Å²) in [5, 5.41) is 10.3. The second-order valence-corrected chi connectivity index (χ2v) is 5.36. The summed E-state index contributed by atoms with van der Waals surface area (Å²) in [5.74, 6) is 0.781. The Kier molecular flexibility index (Phi) is 4.33. The number of ether oxygens (including phenoxy) is 1. The van der Waals surface area contributed by atoms with Crippen molar-refractivity contribution in [3.8, 4) is 0 Å². The Morgan fingerprint density at radius 2 is 2.00 bits per heavy atom. The van der Waals surface area contributed by atoms with Gasteiger partial charge in [-0.05, 0) is 0 Å². The number of rotatable bonds is 5. The quantitative estimate of drug-likeness (QED) is 0.827. The largest absolute Gasteiger partial charge is 0.390 e. The maximum absolute atomic E-state index is 10.3. The topological polar surface area (TPSA) is 66.1 Å². The lowest BCUT2D eigenvalue weighted by atomic mass is 10.3. The molecule has 1 saturated heterocycles. The maximum Gasteiger partial charge on any atom is 0.180 e. The van der Waals surface area contributed by atoms with Crippen LogP contribution in [0.5, 0.6) is 0 Å². The van der Waals surface area contributed by atoms with Gasteiger partial charge in [0.1, 0.15) is 0 Å². The molecule has 1 atom stereocenters. The molecule has 0 radical (unpaired) electrons. The summed E-state index contributed by atoms with van der Waals surface area (Å²) in [7, 11) is 1.93.